The number of hydrogen-bond donors (Lipinski definition) is 3. The molecule has 0 aromatic heterocycles. The Hall–Kier alpha value is -1.94. The molecule has 0 bridgehead atoms. The van der Waals surface area contributed by atoms with Crippen LogP contribution in [0.25, 0.3) is 0 Å². The van der Waals surface area contributed by atoms with E-state index >= 15 is 0 Å². The minimum absolute atomic E-state index is 0.106. The zero-order chi connectivity index (χ0) is 73.0. The molecule has 588 valence electrons. The monoisotopic (exact) mass is 1450 g/mol. The Morgan fingerprint density at radius 3 is 0.687 bits per heavy atom. The molecule has 0 aliphatic rings. The van der Waals surface area contributed by atoms with Gasteiger partial charge in [0.25, 0.3) is 0 Å². The van der Waals surface area contributed by atoms with Crippen molar-refractivity contribution in [3.8, 4) is 0 Å². The highest BCUT2D eigenvalue weighted by atomic mass is 31.2. The maximum atomic E-state index is 13.1. The summed E-state index contributed by atoms with van der Waals surface area (Å²) in [7, 11) is -9.92. The molecule has 0 fully saturated rings. The fourth-order valence-electron chi connectivity index (χ4n) is 12.3. The first-order chi connectivity index (χ1) is 47.7. The lowest BCUT2D eigenvalue weighted by atomic mass is 10.0. The lowest BCUT2D eigenvalue weighted by Gasteiger charge is -2.21. The molecule has 0 rings (SSSR count). The average molecular weight is 1450 g/mol. The molecule has 3 N–H and O–H groups in total. The Morgan fingerprint density at radius 1 is 0.273 bits per heavy atom. The quantitative estimate of drug-likeness (QED) is 0.0222. The molecule has 99 heavy (non-hydrogen) atoms. The summed E-state index contributed by atoms with van der Waals surface area (Å²) in [6.07, 6.45) is 58.2. The number of phosphoric acid groups is 2. The second-order valence-corrected chi connectivity index (χ2v) is 33.1. The highest BCUT2D eigenvalue weighted by Crippen LogP contribution is 2.45. The number of ether oxygens (including phenoxy) is 4. The van der Waals surface area contributed by atoms with Crippen LogP contribution in [-0.4, -0.2) is 96.7 Å². The SMILES string of the molecule is CCCCCCCCCCCCCCCCCCCCC(=O)O[C@H](COC(=O)CCCCCCCCCCCCCCCC(C)C)COP(=O)(O)OC[C@@H](O)COP(=O)(O)OC[C@@H](COC(=O)CCCCCCCCCCCC(C)C)OC(=O)CCCCCCCCCCCCC(C)C. The zero-order valence-corrected chi connectivity index (χ0v) is 66.8. The van der Waals surface area contributed by atoms with Gasteiger partial charge >= 0.3 is 39.5 Å². The van der Waals surface area contributed by atoms with Crippen molar-refractivity contribution in [2.75, 3.05) is 39.6 Å². The topological polar surface area (TPSA) is 237 Å². The van der Waals surface area contributed by atoms with Crippen LogP contribution in [0.1, 0.15) is 414 Å². The van der Waals surface area contributed by atoms with E-state index in [-0.39, 0.29) is 25.7 Å². The summed E-state index contributed by atoms with van der Waals surface area (Å²) in [6, 6.07) is 0. The molecule has 0 amide bonds. The summed E-state index contributed by atoms with van der Waals surface area (Å²) >= 11 is 0. The van der Waals surface area contributed by atoms with E-state index in [2.05, 4.69) is 48.5 Å². The predicted octanol–water partition coefficient (Wildman–Crippen LogP) is 23.7. The predicted molar refractivity (Wildman–Crippen MR) is 405 cm³/mol. The fraction of sp³-hybridized carbons (Fsp3) is 0.950. The number of esters is 4. The standard InChI is InChI=1S/C80H156O17P2/c1-8-9-10-11-12-13-14-15-16-17-18-19-22-26-34-42-49-56-63-79(84)96-75(67-90-77(82)61-54-47-40-33-25-23-20-21-24-30-37-44-51-58-71(2)3)69-94-98(86,87)92-65-74(81)66-93-99(88,89)95-70-76(68-91-78(83)62-55-48-41-36-29-32-39-46-53-60-73(6)7)97-80(85)64-57-50-43-35-28-27-31-38-45-52-59-72(4)5/h71-76,81H,8-70H2,1-7H3,(H,86,87)(H,88,89)/t74-,75-,76-/m1/s1. The van der Waals surface area contributed by atoms with Gasteiger partial charge in [-0.15, -0.1) is 0 Å². The van der Waals surface area contributed by atoms with Gasteiger partial charge in [-0.2, -0.15) is 0 Å². The number of carbonyl (C=O) groups is 4. The molecule has 19 heteroatoms. The molecule has 5 atom stereocenters. The van der Waals surface area contributed by atoms with E-state index in [1.165, 1.54) is 225 Å². The van der Waals surface area contributed by atoms with Gasteiger partial charge in [-0.25, -0.2) is 9.13 Å². The lowest BCUT2D eigenvalue weighted by Crippen LogP contribution is -2.30. The van der Waals surface area contributed by atoms with Crippen molar-refractivity contribution in [1.82, 2.24) is 0 Å². The first kappa shape index (κ1) is 97.1. The average Bonchev–Trinajstić information content (AvgIpc) is 1.08. The lowest BCUT2D eigenvalue weighted by molar-refractivity contribution is -0.161. The van der Waals surface area contributed by atoms with Gasteiger partial charge in [-0.1, -0.05) is 363 Å². The van der Waals surface area contributed by atoms with Gasteiger partial charge in [0, 0.05) is 25.7 Å². The summed E-state index contributed by atoms with van der Waals surface area (Å²) in [4.78, 5) is 73.0. The number of rotatable bonds is 78. The van der Waals surface area contributed by atoms with Crippen LogP contribution in [0.3, 0.4) is 0 Å². The van der Waals surface area contributed by atoms with Crippen LogP contribution < -0.4 is 0 Å². The molecule has 2 unspecified atom stereocenters. The van der Waals surface area contributed by atoms with Gasteiger partial charge in [0.15, 0.2) is 12.2 Å². The van der Waals surface area contributed by atoms with Gasteiger partial charge in [-0.05, 0) is 43.4 Å². The van der Waals surface area contributed by atoms with E-state index in [4.69, 9.17) is 37.0 Å². The Bertz CT molecular complexity index is 1920. The Balaban J connectivity index is 5.26. The van der Waals surface area contributed by atoms with Gasteiger partial charge < -0.3 is 33.8 Å². The normalized spacial score (nSPS) is 14.0. The summed E-state index contributed by atoms with van der Waals surface area (Å²) in [5.41, 5.74) is 0. The van der Waals surface area contributed by atoms with E-state index in [1.54, 1.807) is 0 Å². The molecule has 0 aliphatic carbocycles. The molecule has 0 heterocycles. The van der Waals surface area contributed by atoms with Crippen LogP contribution in [0, 0.1) is 17.8 Å². The maximum Gasteiger partial charge on any atom is 0.472 e. The first-order valence-electron chi connectivity index (χ1n) is 41.3. The molecule has 0 spiro atoms. The fourth-order valence-corrected chi connectivity index (χ4v) is 13.9. The Labute approximate surface area is 607 Å². The van der Waals surface area contributed by atoms with Crippen LogP contribution in [0.5, 0.6) is 0 Å². The van der Waals surface area contributed by atoms with Gasteiger partial charge in [0.1, 0.15) is 19.3 Å². The summed E-state index contributed by atoms with van der Waals surface area (Å²) in [5.74, 6) is 0.175. The number of phosphoric ester groups is 2. The minimum Gasteiger partial charge on any atom is -0.462 e. The van der Waals surface area contributed by atoms with Gasteiger partial charge in [-0.3, -0.25) is 37.3 Å². The summed E-state index contributed by atoms with van der Waals surface area (Å²) in [5, 5.41) is 10.6. The second-order valence-electron chi connectivity index (χ2n) is 30.2. The number of aliphatic hydroxyl groups is 1. The Kier molecular flexibility index (Phi) is 69.0. The molecule has 0 saturated heterocycles. The third kappa shape index (κ3) is 74.1. The molecular formula is C80H156O17P2. The molecule has 0 aromatic rings. The third-order valence-corrected chi connectivity index (χ3v) is 20.5. The van der Waals surface area contributed by atoms with Gasteiger partial charge in [0.2, 0.25) is 0 Å². The van der Waals surface area contributed by atoms with E-state index in [0.717, 1.165) is 108 Å². The van der Waals surface area contributed by atoms with Crippen LogP contribution in [-0.2, 0) is 65.4 Å². The molecule has 0 aliphatic heterocycles. The molecule has 17 nitrogen and oxygen atoms in total. The summed E-state index contributed by atoms with van der Waals surface area (Å²) < 4.78 is 68.7. The molecule has 0 radical (unpaired) electrons. The van der Waals surface area contributed by atoms with E-state index in [0.29, 0.717) is 25.7 Å². The van der Waals surface area contributed by atoms with Gasteiger partial charge in [0.05, 0.1) is 26.4 Å². The number of carbonyl (C=O) groups excluding carboxylic acids is 4. The van der Waals surface area contributed by atoms with Crippen molar-refractivity contribution in [3.05, 3.63) is 0 Å². The van der Waals surface area contributed by atoms with Crippen molar-refractivity contribution >= 4 is 39.5 Å². The Morgan fingerprint density at radius 2 is 0.465 bits per heavy atom. The zero-order valence-electron chi connectivity index (χ0n) is 65.0. The molecule has 0 aromatic carbocycles. The van der Waals surface area contributed by atoms with Crippen LogP contribution in [0.2, 0.25) is 0 Å². The van der Waals surface area contributed by atoms with Crippen LogP contribution in [0.15, 0.2) is 0 Å². The minimum atomic E-state index is -4.96. The van der Waals surface area contributed by atoms with Crippen molar-refractivity contribution in [1.29, 1.82) is 0 Å². The highest BCUT2D eigenvalue weighted by Gasteiger charge is 2.30. The van der Waals surface area contributed by atoms with Crippen molar-refractivity contribution in [2.24, 2.45) is 17.8 Å². The number of hydrogen-bond acceptors (Lipinski definition) is 15. The molecular weight excluding hydrogens is 1290 g/mol. The van der Waals surface area contributed by atoms with E-state index < -0.39 is 97.5 Å². The summed E-state index contributed by atoms with van der Waals surface area (Å²) in [6.45, 7) is 11.9. The second kappa shape index (κ2) is 70.4. The van der Waals surface area contributed by atoms with Crippen LogP contribution in [0.4, 0.5) is 0 Å². The number of unbranched alkanes of at least 4 members (excludes halogenated alkanes) is 46. The largest absolute Gasteiger partial charge is 0.472 e. The maximum absolute atomic E-state index is 13.1. The number of aliphatic hydroxyl groups excluding tert-OH is 1. The molecule has 0 saturated carbocycles. The van der Waals surface area contributed by atoms with E-state index in [1.807, 2.05) is 0 Å². The van der Waals surface area contributed by atoms with Crippen molar-refractivity contribution in [3.63, 3.8) is 0 Å². The van der Waals surface area contributed by atoms with Crippen molar-refractivity contribution in [2.45, 2.75) is 433 Å². The highest BCUT2D eigenvalue weighted by molar-refractivity contribution is 7.47. The van der Waals surface area contributed by atoms with Crippen LogP contribution >= 0.6 is 15.6 Å². The third-order valence-electron chi connectivity index (χ3n) is 18.6. The van der Waals surface area contributed by atoms with E-state index in [9.17, 15) is 43.2 Å². The smallest absolute Gasteiger partial charge is 0.462 e. The first-order valence-corrected chi connectivity index (χ1v) is 44.3. The van der Waals surface area contributed by atoms with Crippen molar-refractivity contribution < 1.29 is 80.2 Å².